The number of methoxy groups -OCH3 is 3. The van der Waals surface area contributed by atoms with Crippen molar-refractivity contribution in [1.82, 2.24) is 10.6 Å². The maximum absolute atomic E-state index is 12.5. The smallest absolute Gasteiger partial charge is 0.408 e. The van der Waals surface area contributed by atoms with Crippen LogP contribution in [-0.2, 0) is 25.6 Å². The van der Waals surface area contributed by atoms with Gasteiger partial charge in [0, 0.05) is 18.6 Å². The quantitative estimate of drug-likeness (QED) is 0.436. The number of carbonyl (C=O) groups is 3. The van der Waals surface area contributed by atoms with Crippen LogP contribution in [0.1, 0.15) is 53.0 Å². The molecule has 0 fully saturated rings. The van der Waals surface area contributed by atoms with Crippen LogP contribution in [0.15, 0.2) is 12.1 Å². The predicted octanol–water partition coefficient (Wildman–Crippen LogP) is 3.20. The minimum atomic E-state index is -1.02. The lowest BCUT2D eigenvalue weighted by molar-refractivity contribution is -0.147. The molecule has 0 spiro atoms. The molecule has 34 heavy (non-hydrogen) atoms. The van der Waals surface area contributed by atoms with Gasteiger partial charge in [0.15, 0.2) is 0 Å². The fraction of sp³-hybridized carbons (Fsp3) is 0.625. The Morgan fingerprint density at radius 1 is 0.971 bits per heavy atom. The summed E-state index contributed by atoms with van der Waals surface area (Å²) in [4.78, 5) is 37.2. The minimum Gasteiger partial charge on any atom is -0.496 e. The summed E-state index contributed by atoms with van der Waals surface area (Å²) in [6, 6.07) is 2.36. The van der Waals surface area contributed by atoms with Crippen LogP contribution in [0.25, 0.3) is 0 Å². The average Bonchev–Trinajstić information content (AvgIpc) is 2.76. The molecule has 2 N–H and O–H groups in total. The molecule has 1 aromatic carbocycles. The van der Waals surface area contributed by atoms with E-state index in [9.17, 15) is 14.4 Å². The first-order valence-electron chi connectivity index (χ1n) is 11.1. The van der Waals surface area contributed by atoms with Crippen molar-refractivity contribution in [2.45, 2.75) is 65.6 Å². The SMILES string of the molecule is COc1cc(OC)c(CNC(=O)CC[C@H](NC(=O)OC(C)(C)C)C(=O)OCC(C)C)c(OC)c1. The van der Waals surface area contributed by atoms with Crippen molar-refractivity contribution in [1.29, 1.82) is 0 Å². The first-order valence-corrected chi connectivity index (χ1v) is 11.1. The molecule has 0 radical (unpaired) electrons. The van der Waals surface area contributed by atoms with Crippen LogP contribution in [0.4, 0.5) is 4.79 Å². The summed E-state index contributed by atoms with van der Waals surface area (Å²) in [7, 11) is 4.55. The van der Waals surface area contributed by atoms with E-state index in [1.165, 1.54) is 21.3 Å². The Labute approximate surface area is 201 Å². The van der Waals surface area contributed by atoms with Crippen molar-refractivity contribution in [3.05, 3.63) is 17.7 Å². The molecule has 2 amide bonds. The normalized spacial score (nSPS) is 11.9. The molecular weight excluding hydrogens is 444 g/mol. The topological polar surface area (TPSA) is 121 Å². The first kappa shape index (κ1) is 28.9. The maximum Gasteiger partial charge on any atom is 0.408 e. The Morgan fingerprint density at radius 3 is 2.03 bits per heavy atom. The van der Waals surface area contributed by atoms with E-state index in [0.29, 0.717) is 22.8 Å². The second kappa shape index (κ2) is 13.5. The summed E-state index contributed by atoms with van der Waals surface area (Å²) in [5.41, 5.74) is -0.0939. The van der Waals surface area contributed by atoms with Gasteiger partial charge < -0.3 is 34.3 Å². The fourth-order valence-corrected chi connectivity index (χ4v) is 2.85. The van der Waals surface area contributed by atoms with Crippen molar-refractivity contribution in [2.24, 2.45) is 5.92 Å². The Balaban J connectivity index is 2.81. The third kappa shape index (κ3) is 10.2. The van der Waals surface area contributed by atoms with Crippen molar-refractivity contribution in [3.63, 3.8) is 0 Å². The summed E-state index contributed by atoms with van der Waals surface area (Å²) in [6.45, 7) is 9.29. The number of ether oxygens (including phenoxy) is 5. The summed E-state index contributed by atoms with van der Waals surface area (Å²) < 4.78 is 26.5. The van der Waals surface area contributed by atoms with Gasteiger partial charge in [0.05, 0.1) is 40.0 Å². The van der Waals surface area contributed by atoms with E-state index in [-0.39, 0.29) is 37.8 Å². The molecule has 192 valence electrons. The summed E-state index contributed by atoms with van der Waals surface area (Å²) in [6.07, 6.45) is -0.746. The number of esters is 1. The molecule has 0 aliphatic carbocycles. The van der Waals surface area contributed by atoms with E-state index >= 15 is 0 Å². The van der Waals surface area contributed by atoms with Crippen LogP contribution in [0.5, 0.6) is 17.2 Å². The highest BCUT2D eigenvalue weighted by Crippen LogP contribution is 2.33. The first-order chi connectivity index (χ1) is 15.9. The second-order valence-corrected chi connectivity index (χ2v) is 9.05. The highest BCUT2D eigenvalue weighted by molar-refractivity contribution is 5.83. The summed E-state index contributed by atoms with van der Waals surface area (Å²) >= 11 is 0. The molecule has 0 aliphatic rings. The molecule has 1 aromatic rings. The van der Waals surface area contributed by atoms with Gasteiger partial charge in [-0.1, -0.05) is 13.8 Å². The van der Waals surface area contributed by atoms with Crippen molar-refractivity contribution in [2.75, 3.05) is 27.9 Å². The number of benzene rings is 1. The van der Waals surface area contributed by atoms with E-state index in [1.54, 1.807) is 32.9 Å². The number of alkyl carbamates (subject to hydrolysis) is 1. The Hall–Kier alpha value is -3.17. The van der Waals surface area contributed by atoms with Crippen LogP contribution in [0.3, 0.4) is 0 Å². The molecule has 10 nitrogen and oxygen atoms in total. The van der Waals surface area contributed by atoms with Crippen molar-refractivity contribution in [3.8, 4) is 17.2 Å². The van der Waals surface area contributed by atoms with Crippen LogP contribution in [0.2, 0.25) is 0 Å². The number of amides is 2. The second-order valence-electron chi connectivity index (χ2n) is 9.05. The van der Waals surface area contributed by atoms with E-state index in [4.69, 9.17) is 23.7 Å². The van der Waals surface area contributed by atoms with Crippen LogP contribution in [0, 0.1) is 5.92 Å². The molecule has 0 saturated heterocycles. The van der Waals surface area contributed by atoms with Gasteiger partial charge >= 0.3 is 12.1 Å². The van der Waals surface area contributed by atoms with Gasteiger partial charge in [-0.3, -0.25) is 4.79 Å². The number of hydrogen-bond donors (Lipinski definition) is 2. The summed E-state index contributed by atoms with van der Waals surface area (Å²) in [5.74, 6) is 0.735. The van der Waals surface area contributed by atoms with Gasteiger partial charge in [0.2, 0.25) is 5.91 Å². The lowest BCUT2D eigenvalue weighted by Crippen LogP contribution is -2.45. The van der Waals surface area contributed by atoms with Crippen LogP contribution < -0.4 is 24.8 Å². The minimum absolute atomic E-state index is 0.0297. The third-order valence-electron chi connectivity index (χ3n) is 4.47. The number of carbonyl (C=O) groups excluding carboxylic acids is 3. The van der Waals surface area contributed by atoms with Gasteiger partial charge in [-0.15, -0.1) is 0 Å². The standard InChI is InChI=1S/C24H38N2O8/c1-15(2)14-33-22(28)18(26-23(29)34-24(3,4)5)9-10-21(27)25-13-17-19(31-7)11-16(30-6)12-20(17)32-8/h11-12,15,18H,9-10,13-14H2,1-8H3,(H,25,27)(H,26,29)/t18-/m0/s1. The van der Waals surface area contributed by atoms with Crippen molar-refractivity contribution >= 4 is 18.0 Å². The molecule has 0 bridgehead atoms. The zero-order chi connectivity index (χ0) is 25.9. The van der Waals surface area contributed by atoms with Crippen LogP contribution in [-0.4, -0.2) is 57.5 Å². The zero-order valence-corrected chi connectivity index (χ0v) is 21.4. The van der Waals surface area contributed by atoms with Gasteiger partial charge in [0.25, 0.3) is 0 Å². The van der Waals surface area contributed by atoms with Crippen LogP contribution >= 0.6 is 0 Å². The fourth-order valence-electron chi connectivity index (χ4n) is 2.85. The monoisotopic (exact) mass is 482 g/mol. The Bertz CT molecular complexity index is 808. The molecule has 10 heteroatoms. The maximum atomic E-state index is 12.5. The highest BCUT2D eigenvalue weighted by Gasteiger charge is 2.26. The van der Waals surface area contributed by atoms with Gasteiger partial charge in [0.1, 0.15) is 28.9 Å². The molecule has 0 aromatic heterocycles. The zero-order valence-electron chi connectivity index (χ0n) is 21.4. The molecule has 0 saturated carbocycles. The third-order valence-corrected chi connectivity index (χ3v) is 4.47. The molecule has 0 unspecified atom stereocenters. The molecule has 0 aliphatic heterocycles. The predicted molar refractivity (Wildman–Crippen MR) is 126 cm³/mol. The van der Waals surface area contributed by atoms with Gasteiger partial charge in [-0.2, -0.15) is 0 Å². The molecule has 1 rings (SSSR count). The van der Waals surface area contributed by atoms with E-state index < -0.39 is 23.7 Å². The Kier molecular flexibility index (Phi) is 11.5. The van der Waals surface area contributed by atoms with E-state index in [2.05, 4.69) is 10.6 Å². The Morgan fingerprint density at radius 2 is 1.56 bits per heavy atom. The molecule has 0 heterocycles. The van der Waals surface area contributed by atoms with Crippen molar-refractivity contribution < 1.29 is 38.1 Å². The van der Waals surface area contributed by atoms with Gasteiger partial charge in [-0.05, 0) is 33.1 Å². The van der Waals surface area contributed by atoms with Gasteiger partial charge in [-0.25, -0.2) is 9.59 Å². The average molecular weight is 483 g/mol. The number of hydrogen-bond acceptors (Lipinski definition) is 8. The lowest BCUT2D eigenvalue weighted by Gasteiger charge is -2.23. The number of nitrogens with one attached hydrogen (secondary N) is 2. The lowest BCUT2D eigenvalue weighted by atomic mass is 10.1. The molecular formula is C24H38N2O8. The molecule has 1 atom stereocenters. The highest BCUT2D eigenvalue weighted by atomic mass is 16.6. The summed E-state index contributed by atoms with van der Waals surface area (Å²) in [5, 5.41) is 5.29. The number of rotatable bonds is 12. The van der Waals surface area contributed by atoms with E-state index in [1.807, 2.05) is 13.8 Å². The van der Waals surface area contributed by atoms with E-state index in [0.717, 1.165) is 0 Å². The largest absolute Gasteiger partial charge is 0.496 e.